The van der Waals surface area contributed by atoms with E-state index in [1.165, 1.54) is 65.3 Å². The Bertz CT molecular complexity index is 1400. The zero-order valence-electron chi connectivity index (χ0n) is 14.1. The molecule has 2 aliphatic carbocycles. The maximum Gasteiger partial charge on any atom is 0.0402 e. The smallest absolute Gasteiger partial charge is 0.0402 e. The maximum atomic E-state index is 3.78. The fourth-order valence-electron chi connectivity index (χ4n) is 5.09. The van der Waals surface area contributed by atoms with Gasteiger partial charge in [-0.15, -0.1) is 0 Å². The topological polar surface area (TPSA) is 0 Å². The molecule has 0 fully saturated rings. The van der Waals surface area contributed by atoms with Gasteiger partial charge in [0.25, 0.3) is 0 Å². The van der Waals surface area contributed by atoms with Gasteiger partial charge in [0.2, 0.25) is 0 Å². The summed E-state index contributed by atoms with van der Waals surface area (Å²) in [5.41, 5.74) is 5.08. The lowest BCUT2D eigenvalue weighted by Gasteiger charge is -2.17. The van der Waals surface area contributed by atoms with Crippen molar-refractivity contribution in [3.63, 3.8) is 0 Å². The number of benzene rings is 5. The minimum atomic E-state index is 1.14. The molecule has 28 heavy (non-hydrogen) atoms. The minimum Gasteiger partial charge on any atom is -0.0531 e. The Labute approximate surface area is 194 Å². The Kier molecular flexibility index (Phi) is 3.13. The van der Waals surface area contributed by atoms with Crippen molar-refractivity contribution in [1.29, 1.82) is 0 Å². The molecule has 0 saturated heterocycles. The Morgan fingerprint density at radius 3 is 0.821 bits per heavy atom. The molecule has 0 bridgehead atoms. The van der Waals surface area contributed by atoms with Crippen molar-refractivity contribution in [2.75, 3.05) is 0 Å². The van der Waals surface area contributed by atoms with Crippen LogP contribution in [0.15, 0.2) is 48.5 Å². The van der Waals surface area contributed by atoms with Crippen LogP contribution in [0, 0.1) is 0 Å². The van der Waals surface area contributed by atoms with Crippen LogP contribution >= 0.6 is 63.7 Å². The fraction of sp³-hybridized carbons (Fsp3) is 0. The predicted octanol–water partition coefficient (Wildman–Crippen LogP) is 9.60. The number of halogens is 4. The fourth-order valence-corrected chi connectivity index (χ4v) is 7.27. The molecule has 0 atom stereocenters. The number of hydrogen-bond acceptors (Lipinski definition) is 0. The molecule has 0 saturated carbocycles. The summed E-state index contributed by atoms with van der Waals surface area (Å²) in [5.74, 6) is 0. The van der Waals surface area contributed by atoms with Gasteiger partial charge in [-0.3, -0.25) is 0 Å². The summed E-state index contributed by atoms with van der Waals surface area (Å²) in [6.45, 7) is 0. The van der Waals surface area contributed by atoms with Gasteiger partial charge in [0.1, 0.15) is 0 Å². The lowest BCUT2D eigenvalue weighted by Crippen LogP contribution is -1.91. The summed E-state index contributed by atoms with van der Waals surface area (Å²) < 4.78 is 4.57. The second kappa shape index (κ2) is 5.28. The summed E-state index contributed by atoms with van der Waals surface area (Å²) in [6.07, 6.45) is 0. The third kappa shape index (κ3) is 1.70. The monoisotopic (exact) mass is 612 g/mol. The van der Waals surface area contributed by atoms with Crippen LogP contribution in [-0.2, 0) is 0 Å². The Hall–Kier alpha value is -1.20. The van der Waals surface area contributed by atoms with Crippen LogP contribution in [0.3, 0.4) is 0 Å². The Balaban J connectivity index is 1.82. The van der Waals surface area contributed by atoms with E-state index >= 15 is 0 Å². The molecule has 0 radical (unpaired) electrons. The van der Waals surface area contributed by atoms with E-state index < -0.39 is 0 Å². The molecule has 132 valence electrons. The molecule has 0 spiro atoms. The standard InChI is InChI=1S/C24H8Br4/c25-21-13-5-1-9-10-2-6-15-20-16(24(28)23(15)27)8-4-12(18(10)20)11-3-7-14(22(21)26)19(13)17(9)11/h1-8H. The number of hydrogen-bond donors (Lipinski definition) is 0. The van der Waals surface area contributed by atoms with E-state index in [0.717, 1.165) is 17.9 Å². The first-order valence-corrected chi connectivity index (χ1v) is 12.1. The first-order valence-electron chi connectivity index (χ1n) is 8.90. The van der Waals surface area contributed by atoms with Crippen molar-refractivity contribution < 1.29 is 0 Å². The minimum absolute atomic E-state index is 1.14. The average Bonchev–Trinajstić information content (AvgIpc) is 3.12. The SMILES string of the molecule is BrC1=C(Br)c2ccc3c4ccc5c6c(ccc(c7ccc1c2c73)c64)C(Br)=C5Br. The lowest BCUT2D eigenvalue weighted by molar-refractivity contribution is 1.74. The second-order valence-electron chi connectivity index (χ2n) is 7.40. The zero-order chi connectivity index (χ0) is 18.9. The van der Waals surface area contributed by atoms with Gasteiger partial charge in [0.15, 0.2) is 0 Å². The van der Waals surface area contributed by atoms with E-state index in [9.17, 15) is 0 Å². The summed E-state index contributed by atoms with van der Waals surface area (Å²) in [4.78, 5) is 0. The summed E-state index contributed by atoms with van der Waals surface area (Å²) >= 11 is 15.1. The highest BCUT2D eigenvalue weighted by molar-refractivity contribution is 9.18. The molecule has 4 heteroatoms. The number of fused-ring (bicyclic) bond motifs is 2. The molecule has 0 amide bonds. The molecular formula is C24H8Br4. The van der Waals surface area contributed by atoms with Crippen LogP contribution in [-0.4, -0.2) is 0 Å². The van der Waals surface area contributed by atoms with Crippen molar-refractivity contribution in [2.45, 2.75) is 0 Å². The molecule has 5 aromatic carbocycles. The van der Waals surface area contributed by atoms with Crippen LogP contribution in [0.25, 0.3) is 61.0 Å². The average molecular weight is 616 g/mol. The molecule has 0 aromatic heterocycles. The maximum absolute atomic E-state index is 3.78. The Morgan fingerprint density at radius 2 is 0.571 bits per heavy atom. The van der Waals surface area contributed by atoms with Crippen LogP contribution in [0.5, 0.6) is 0 Å². The highest BCUT2D eigenvalue weighted by Crippen LogP contribution is 2.55. The lowest BCUT2D eigenvalue weighted by atomic mass is 9.87. The predicted molar refractivity (Wildman–Crippen MR) is 137 cm³/mol. The highest BCUT2D eigenvalue weighted by atomic mass is 79.9. The molecule has 0 unspecified atom stereocenters. The van der Waals surface area contributed by atoms with Gasteiger partial charge in [-0.25, -0.2) is 0 Å². The summed E-state index contributed by atoms with van der Waals surface area (Å²) in [7, 11) is 0. The van der Waals surface area contributed by atoms with Crippen molar-refractivity contribution in [3.8, 4) is 0 Å². The first-order chi connectivity index (χ1) is 13.6. The molecule has 0 N–H and O–H groups in total. The third-order valence-corrected chi connectivity index (χ3v) is 10.6. The van der Waals surface area contributed by atoms with Gasteiger partial charge in [-0.2, -0.15) is 0 Å². The van der Waals surface area contributed by atoms with Crippen LogP contribution in [0.4, 0.5) is 0 Å². The highest BCUT2D eigenvalue weighted by Gasteiger charge is 2.27. The molecule has 5 aromatic rings. The van der Waals surface area contributed by atoms with Gasteiger partial charge < -0.3 is 0 Å². The summed E-state index contributed by atoms with van der Waals surface area (Å²) in [5, 5.41) is 10.7. The van der Waals surface area contributed by atoms with Gasteiger partial charge in [-0.05, 0) is 129 Å². The second-order valence-corrected chi connectivity index (χ2v) is 10.6. The molecule has 2 aliphatic rings. The molecule has 0 nitrogen and oxygen atoms in total. The van der Waals surface area contributed by atoms with E-state index in [2.05, 4.69) is 112 Å². The van der Waals surface area contributed by atoms with E-state index in [4.69, 9.17) is 0 Å². The van der Waals surface area contributed by atoms with E-state index in [-0.39, 0.29) is 0 Å². The summed E-state index contributed by atoms with van der Waals surface area (Å²) in [6, 6.07) is 18.2. The van der Waals surface area contributed by atoms with Crippen molar-refractivity contribution in [1.82, 2.24) is 0 Å². The number of rotatable bonds is 0. The van der Waals surface area contributed by atoms with Crippen LogP contribution in [0.1, 0.15) is 22.3 Å². The van der Waals surface area contributed by atoms with Crippen LogP contribution < -0.4 is 0 Å². The van der Waals surface area contributed by atoms with Crippen molar-refractivity contribution >= 4 is 125 Å². The van der Waals surface area contributed by atoms with E-state index in [0.29, 0.717) is 0 Å². The molecular weight excluding hydrogens is 608 g/mol. The normalized spacial score (nSPS) is 15.6. The van der Waals surface area contributed by atoms with Crippen LogP contribution in [0.2, 0.25) is 0 Å². The third-order valence-electron chi connectivity index (χ3n) is 6.23. The first kappa shape index (κ1) is 16.6. The zero-order valence-corrected chi connectivity index (χ0v) is 20.5. The molecule has 7 rings (SSSR count). The molecule has 0 heterocycles. The van der Waals surface area contributed by atoms with Gasteiger partial charge in [-0.1, -0.05) is 48.5 Å². The van der Waals surface area contributed by atoms with E-state index in [1.807, 2.05) is 0 Å². The van der Waals surface area contributed by atoms with Gasteiger partial charge in [0, 0.05) is 17.9 Å². The quantitative estimate of drug-likeness (QED) is 0.120. The van der Waals surface area contributed by atoms with Crippen molar-refractivity contribution in [3.05, 3.63) is 70.8 Å². The van der Waals surface area contributed by atoms with Gasteiger partial charge in [0.05, 0.1) is 0 Å². The molecule has 0 aliphatic heterocycles. The Morgan fingerprint density at radius 1 is 0.321 bits per heavy atom. The van der Waals surface area contributed by atoms with Gasteiger partial charge >= 0.3 is 0 Å². The largest absolute Gasteiger partial charge is 0.0531 e. The van der Waals surface area contributed by atoms with Crippen molar-refractivity contribution in [2.24, 2.45) is 0 Å². The van der Waals surface area contributed by atoms with E-state index in [1.54, 1.807) is 0 Å².